The number of fused-ring (bicyclic) bond motifs is 3. The van der Waals surface area contributed by atoms with Gasteiger partial charge in [0.15, 0.2) is 0 Å². The Hall–Kier alpha value is -3.62. The number of benzene rings is 3. The normalized spacial score (nSPS) is 19.3. The molecule has 3 aromatic carbocycles. The first-order valence-electron chi connectivity index (χ1n) is 11.0. The van der Waals surface area contributed by atoms with E-state index >= 15 is 0 Å². The number of carbonyl (C=O) groups is 1. The maximum absolute atomic E-state index is 12.6. The van der Waals surface area contributed by atoms with E-state index in [-0.39, 0.29) is 5.91 Å². The summed E-state index contributed by atoms with van der Waals surface area (Å²) in [5, 5.41) is 12.3. The van der Waals surface area contributed by atoms with Crippen molar-refractivity contribution in [1.82, 2.24) is 10.2 Å². The molecule has 1 fully saturated rings. The van der Waals surface area contributed by atoms with Crippen molar-refractivity contribution in [2.45, 2.75) is 5.92 Å². The molecule has 0 aliphatic carbocycles. The number of hydrogen-bond donors (Lipinski definition) is 1. The summed E-state index contributed by atoms with van der Waals surface area (Å²) < 4.78 is 5.92. The van der Waals surface area contributed by atoms with Crippen LogP contribution < -0.4 is 10.1 Å². The Morgan fingerprint density at radius 3 is 2.59 bits per heavy atom. The minimum atomic E-state index is -0.0476. The van der Waals surface area contributed by atoms with E-state index in [1.807, 2.05) is 60.7 Å². The molecule has 2 unspecified atom stereocenters. The van der Waals surface area contributed by atoms with E-state index in [0.29, 0.717) is 36.1 Å². The second-order valence-electron chi connectivity index (χ2n) is 8.50. The van der Waals surface area contributed by atoms with Crippen LogP contribution in [0.5, 0.6) is 5.75 Å². The van der Waals surface area contributed by atoms with Crippen molar-refractivity contribution in [3.8, 4) is 22.9 Å². The molecule has 3 aromatic rings. The smallest absolute Gasteiger partial charge is 0.251 e. The summed E-state index contributed by atoms with van der Waals surface area (Å²) in [5.41, 5.74) is 4.74. The fourth-order valence-electron chi connectivity index (χ4n) is 4.77. The quantitative estimate of drug-likeness (QED) is 0.672. The average molecular weight is 424 g/mol. The molecule has 2 aliphatic heterocycles. The Kier molecular flexibility index (Phi) is 5.62. The molecule has 0 aromatic heterocycles. The molecule has 2 atom stereocenters. The maximum atomic E-state index is 12.6. The molecule has 160 valence electrons. The van der Waals surface area contributed by atoms with Gasteiger partial charge in [-0.05, 0) is 41.5 Å². The first-order chi connectivity index (χ1) is 15.7. The molecular formula is C27H25N3O2. The van der Waals surface area contributed by atoms with Gasteiger partial charge in [-0.15, -0.1) is 0 Å². The molecule has 1 N–H and O–H groups in total. The van der Waals surface area contributed by atoms with Crippen molar-refractivity contribution in [2.75, 3.05) is 32.8 Å². The summed E-state index contributed by atoms with van der Waals surface area (Å²) in [4.78, 5) is 15.0. The molecule has 0 radical (unpaired) electrons. The van der Waals surface area contributed by atoms with Crippen LogP contribution >= 0.6 is 0 Å². The first-order valence-corrected chi connectivity index (χ1v) is 11.0. The predicted molar refractivity (Wildman–Crippen MR) is 124 cm³/mol. The third kappa shape index (κ3) is 4.10. The summed E-state index contributed by atoms with van der Waals surface area (Å²) in [6.45, 7) is 3.99. The number of nitriles is 1. The Morgan fingerprint density at radius 1 is 1.03 bits per heavy atom. The number of carbonyl (C=O) groups excluding carboxylic acids is 1. The number of ether oxygens (including phenoxy) is 1. The SMILES string of the molecule is N#Cc1ccc2c(c1)C1CN(CCNC(=O)c3ccc(-c4ccccc4)cc3)CC1CO2. The summed E-state index contributed by atoms with van der Waals surface area (Å²) in [5.74, 6) is 1.67. The Bertz CT molecular complexity index is 1150. The van der Waals surface area contributed by atoms with E-state index in [1.54, 1.807) is 0 Å². The molecule has 0 spiro atoms. The lowest BCUT2D eigenvalue weighted by Gasteiger charge is -2.27. The van der Waals surface area contributed by atoms with Crippen LogP contribution in [-0.2, 0) is 0 Å². The van der Waals surface area contributed by atoms with Crippen molar-refractivity contribution >= 4 is 5.91 Å². The Balaban J connectivity index is 1.15. The summed E-state index contributed by atoms with van der Waals surface area (Å²) in [7, 11) is 0. The molecule has 2 heterocycles. The third-order valence-electron chi connectivity index (χ3n) is 6.48. The van der Waals surface area contributed by atoms with E-state index in [2.05, 4.69) is 28.4 Å². The second kappa shape index (κ2) is 8.86. The van der Waals surface area contributed by atoms with Crippen LogP contribution in [0.4, 0.5) is 0 Å². The van der Waals surface area contributed by atoms with E-state index in [9.17, 15) is 10.1 Å². The van der Waals surface area contributed by atoms with Crippen molar-refractivity contribution in [1.29, 1.82) is 5.26 Å². The number of nitrogens with zero attached hydrogens (tertiary/aromatic N) is 2. The number of hydrogen-bond acceptors (Lipinski definition) is 4. The highest BCUT2D eigenvalue weighted by Gasteiger charge is 2.38. The van der Waals surface area contributed by atoms with Gasteiger partial charge in [-0.25, -0.2) is 0 Å². The van der Waals surface area contributed by atoms with Gasteiger partial charge in [0.1, 0.15) is 5.75 Å². The highest BCUT2D eigenvalue weighted by molar-refractivity contribution is 5.94. The molecule has 0 bridgehead atoms. The first kappa shape index (κ1) is 20.3. The fraction of sp³-hybridized carbons (Fsp3) is 0.259. The van der Waals surface area contributed by atoms with Crippen molar-refractivity contribution in [3.05, 3.63) is 89.5 Å². The molecule has 1 amide bonds. The zero-order chi connectivity index (χ0) is 21.9. The van der Waals surface area contributed by atoms with Gasteiger partial charge < -0.3 is 15.0 Å². The van der Waals surface area contributed by atoms with Crippen LogP contribution in [0.3, 0.4) is 0 Å². The van der Waals surface area contributed by atoms with Crippen LogP contribution in [0.1, 0.15) is 27.4 Å². The lowest BCUT2D eigenvalue weighted by molar-refractivity contribution is 0.0949. The van der Waals surface area contributed by atoms with Crippen molar-refractivity contribution in [3.63, 3.8) is 0 Å². The minimum absolute atomic E-state index is 0.0476. The zero-order valence-corrected chi connectivity index (χ0v) is 17.8. The highest BCUT2D eigenvalue weighted by atomic mass is 16.5. The lowest BCUT2D eigenvalue weighted by Crippen LogP contribution is -2.34. The molecule has 5 nitrogen and oxygen atoms in total. The van der Waals surface area contributed by atoms with Gasteiger partial charge in [0, 0.05) is 49.1 Å². The van der Waals surface area contributed by atoms with Crippen LogP contribution in [0.2, 0.25) is 0 Å². The molecule has 5 heteroatoms. The van der Waals surface area contributed by atoms with E-state index in [1.165, 1.54) is 0 Å². The molecule has 32 heavy (non-hydrogen) atoms. The summed E-state index contributed by atoms with van der Waals surface area (Å²) >= 11 is 0. The maximum Gasteiger partial charge on any atom is 0.251 e. The van der Waals surface area contributed by atoms with Gasteiger partial charge in [-0.3, -0.25) is 4.79 Å². The topological polar surface area (TPSA) is 65.4 Å². The molecule has 0 saturated carbocycles. The van der Waals surface area contributed by atoms with Crippen LogP contribution in [0.15, 0.2) is 72.8 Å². The van der Waals surface area contributed by atoms with Gasteiger partial charge in [0.05, 0.1) is 18.2 Å². The lowest BCUT2D eigenvalue weighted by atomic mass is 9.86. The predicted octanol–water partition coefficient (Wildman–Crippen LogP) is 4.06. The van der Waals surface area contributed by atoms with Crippen LogP contribution in [-0.4, -0.2) is 43.6 Å². The molecular weight excluding hydrogens is 398 g/mol. The molecule has 5 rings (SSSR count). The van der Waals surface area contributed by atoms with Gasteiger partial charge >= 0.3 is 0 Å². The number of nitrogens with one attached hydrogen (secondary N) is 1. The van der Waals surface area contributed by atoms with Gasteiger partial charge in [0.25, 0.3) is 5.91 Å². The molecule has 1 saturated heterocycles. The monoisotopic (exact) mass is 423 g/mol. The van der Waals surface area contributed by atoms with Gasteiger partial charge in [-0.2, -0.15) is 5.26 Å². The standard InChI is InChI=1S/C27H25N3O2/c28-15-19-6-11-26-24(14-19)25-17-30(16-23(25)18-32-26)13-12-29-27(31)22-9-7-21(8-10-22)20-4-2-1-3-5-20/h1-11,14,23,25H,12-13,16-18H2,(H,29,31). The molecule has 2 aliphatic rings. The van der Waals surface area contributed by atoms with Gasteiger partial charge in [0.2, 0.25) is 0 Å². The number of amides is 1. The second-order valence-corrected chi connectivity index (χ2v) is 8.50. The summed E-state index contributed by atoms with van der Waals surface area (Å²) in [6.07, 6.45) is 0. The zero-order valence-electron chi connectivity index (χ0n) is 17.8. The van der Waals surface area contributed by atoms with Crippen LogP contribution in [0.25, 0.3) is 11.1 Å². The van der Waals surface area contributed by atoms with Crippen molar-refractivity contribution in [2.24, 2.45) is 5.92 Å². The third-order valence-corrected chi connectivity index (χ3v) is 6.48. The van der Waals surface area contributed by atoms with E-state index in [4.69, 9.17) is 4.74 Å². The highest BCUT2D eigenvalue weighted by Crippen LogP contribution is 2.41. The van der Waals surface area contributed by atoms with Crippen molar-refractivity contribution < 1.29 is 9.53 Å². The van der Waals surface area contributed by atoms with E-state index in [0.717, 1.165) is 42.1 Å². The van der Waals surface area contributed by atoms with E-state index < -0.39 is 0 Å². The number of rotatable bonds is 5. The van der Waals surface area contributed by atoms with Gasteiger partial charge in [-0.1, -0.05) is 42.5 Å². The average Bonchev–Trinajstić information content (AvgIpc) is 3.28. The number of likely N-dealkylation sites (tertiary alicyclic amines) is 1. The Labute approximate surface area is 188 Å². The van der Waals surface area contributed by atoms with Crippen LogP contribution in [0, 0.1) is 17.2 Å². The largest absolute Gasteiger partial charge is 0.493 e. The summed E-state index contributed by atoms with van der Waals surface area (Å²) in [6, 6.07) is 25.8. The fourth-order valence-corrected chi connectivity index (χ4v) is 4.77. The Morgan fingerprint density at radius 2 is 1.81 bits per heavy atom. The minimum Gasteiger partial charge on any atom is -0.493 e.